The number of benzene rings is 5. The fourth-order valence-electron chi connectivity index (χ4n) is 5.58. The Bertz CT molecular complexity index is 1850. The molecule has 0 amide bonds. The molecule has 0 saturated carbocycles. The van der Waals surface area contributed by atoms with Crippen molar-refractivity contribution in [2.24, 2.45) is 0 Å². The van der Waals surface area contributed by atoms with Gasteiger partial charge in [0.25, 0.3) is 0 Å². The molecule has 0 aliphatic carbocycles. The molecule has 0 atom stereocenters. The van der Waals surface area contributed by atoms with E-state index in [4.69, 9.17) is 0 Å². The highest BCUT2D eigenvalue weighted by molar-refractivity contribution is 6.16. The second kappa shape index (κ2) is 7.36. The number of para-hydroxylation sites is 1. The minimum atomic E-state index is 0.968. The van der Waals surface area contributed by atoms with Crippen LogP contribution >= 0.6 is 0 Å². The van der Waals surface area contributed by atoms with Crippen LogP contribution in [-0.4, -0.2) is 9.13 Å². The molecule has 34 heavy (non-hydrogen) atoms. The van der Waals surface area contributed by atoms with E-state index in [1.54, 1.807) is 0 Å². The predicted molar refractivity (Wildman–Crippen MR) is 145 cm³/mol. The molecule has 2 aromatic heterocycles. The Kier molecular flexibility index (Phi) is 4.16. The average Bonchev–Trinajstić information content (AvgIpc) is 3.52. The first-order valence-electron chi connectivity index (χ1n) is 11.9. The molecular weight excluding hydrogens is 412 g/mol. The molecule has 7 rings (SSSR count). The van der Waals surface area contributed by atoms with Gasteiger partial charge >= 0.3 is 0 Å². The van der Waals surface area contributed by atoms with Gasteiger partial charge in [-0.2, -0.15) is 0 Å². The third kappa shape index (κ3) is 2.69. The third-order valence-corrected chi connectivity index (χ3v) is 7.16. The minimum absolute atomic E-state index is 0.968. The zero-order valence-corrected chi connectivity index (χ0v) is 19.1. The van der Waals surface area contributed by atoms with Crippen molar-refractivity contribution >= 4 is 43.4 Å². The Morgan fingerprint density at radius 2 is 1.24 bits per heavy atom. The predicted octanol–water partition coefficient (Wildman–Crippen LogP) is 8.58. The Hall–Kier alpha value is -4.30. The van der Waals surface area contributed by atoms with E-state index in [9.17, 15) is 0 Å². The van der Waals surface area contributed by atoms with Gasteiger partial charge in [0.2, 0.25) is 0 Å². The summed E-state index contributed by atoms with van der Waals surface area (Å²) in [6.07, 6.45) is 4.39. The monoisotopic (exact) mass is 436 g/mol. The lowest BCUT2D eigenvalue weighted by Gasteiger charge is -2.16. The van der Waals surface area contributed by atoms with Gasteiger partial charge in [0.15, 0.2) is 0 Å². The van der Waals surface area contributed by atoms with E-state index < -0.39 is 0 Å². The fraction of sp³-hybridized carbons (Fsp3) is 0.0625. The van der Waals surface area contributed by atoms with Gasteiger partial charge in [0.05, 0.1) is 16.7 Å². The molecule has 0 radical (unpaired) electrons. The van der Waals surface area contributed by atoms with Gasteiger partial charge in [0.1, 0.15) is 0 Å². The average molecular weight is 437 g/mol. The molecule has 5 aromatic carbocycles. The summed E-state index contributed by atoms with van der Waals surface area (Å²) in [7, 11) is 0. The summed E-state index contributed by atoms with van der Waals surface area (Å²) >= 11 is 0. The first-order chi connectivity index (χ1) is 16.8. The van der Waals surface area contributed by atoms with Crippen LogP contribution < -0.4 is 0 Å². The van der Waals surface area contributed by atoms with Crippen LogP contribution in [0.4, 0.5) is 0 Å². The van der Waals surface area contributed by atoms with Crippen LogP contribution in [0.15, 0.2) is 116 Å². The lowest BCUT2D eigenvalue weighted by molar-refractivity contribution is 0.800. The van der Waals surface area contributed by atoms with Crippen molar-refractivity contribution in [3.8, 4) is 16.8 Å². The number of rotatable bonds is 3. The third-order valence-electron chi connectivity index (χ3n) is 7.16. The fourth-order valence-corrected chi connectivity index (χ4v) is 5.58. The van der Waals surface area contributed by atoms with Crippen LogP contribution in [0.2, 0.25) is 0 Å². The highest BCUT2D eigenvalue weighted by Gasteiger charge is 2.15. The Labute approximate surface area is 198 Å². The summed E-state index contributed by atoms with van der Waals surface area (Å²) in [4.78, 5) is 0. The standard InChI is InChI=1S/C32H24N2/c1-2-33-19-17-23-21-29(25-11-5-7-13-28(25)32(23)33)26-15-16-31(27-12-6-4-10-24(26)27)34-20-18-22-9-3-8-14-30(22)34/h3-21H,2H2,1H3. The molecule has 0 fully saturated rings. The maximum atomic E-state index is 2.37. The van der Waals surface area contributed by atoms with E-state index in [1.807, 2.05) is 0 Å². The summed E-state index contributed by atoms with van der Waals surface area (Å²) in [5.41, 5.74) is 6.33. The first-order valence-corrected chi connectivity index (χ1v) is 11.9. The number of fused-ring (bicyclic) bond motifs is 5. The molecule has 0 saturated heterocycles. The van der Waals surface area contributed by atoms with Gasteiger partial charge in [-0.25, -0.2) is 0 Å². The summed E-state index contributed by atoms with van der Waals surface area (Å²) in [6, 6.07) is 37.6. The van der Waals surface area contributed by atoms with Gasteiger partial charge in [-0.1, -0.05) is 72.8 Å². The lowest BCUT2D eigenvalue weighted by atomic mass is 9.92. The molecule has 0 bridgehead atoms. The molecule has 2 heteroatoms. The highest BCUT2D eigenvalue weighted by Crippen LogP contribution is 2.40. The smallest absolute Gasteiger partial charge is 0.0560 e. The van der Waals surface area contributed by atoms with Crippen molar-refractivity contribution in [3.05, 3.63) is 116 Å². The topological polar surface area (TPSA) is 9.86 Å². The zero-order valence-electron chi connectivity index (χ0n) is 19.1. The molecule has 162 valence electrons. The van der Waals surface area contributed by atoms with Crippen LogP contribution in [0, 0.1) is 0 Å². The number of hydrogen-bond acceptors (Lipinski definition) is 0. The molecular formula is C32H24N2. The number of nitrogens with zero attached hydrogens (tertiary/aromatic N) is 2. The zero-order chi connectivity index (χ0) is 22.6. The maximum absolute atomic E-state index is 2.37. The summed E-state index contributed by atoms with van der Waals surface area (Å²) in [6.45, 7) is 3.18. The van der Waals surface area contributed by atoms with Crippen LogP contribution in [0.1, 0.15) is 6.92 Å². The van der Waals surface area contributed by atoms with E-state index in [2.05, 4.69) is 132 Å². The summed E-state index contributed by atoms with van der Waals surface area (Å²) < 4.78 is 4.66. The second-order valence-corrected chi connectivity index (χ2v) is 8.93. The SMILES string of the molecule is CCn1ccc2cc(-c3ccc(-n4ccc5ccccc54)c4ccccc34)c3ccccc3c21. The second-order valence-electron chi connectivity index (χ2n) is 8.93. The normalized spacial score (nSPS) is 11.8. The molecule has 0 unspecified atom stereocenters. The van der Waals surface area contributed by atoms with Gasteiger partial charge in [-0.05, 0) is 64.5 Å². The quantitative estimate of drug-likeness (QED) is 0.262. The van der Waals surface area contributed by atoms with Crippen molar-refractivity contribution in [1.29, 1.82) is 0 Å². The number of aromatic nitrogens is 2. The van der Waals surface area contributed by atoms with E-state index in [1.165, 1.54) is 60.2 Å². The van der Waals surface area contributed by atoms with E-state index in [0.29, 0.717) is 0 Å². The van der Waals surface area contributed by atoms with Crippen molar-refractivity contribution in [3.63, 3.8) is 0 Å². The molecule has 0 N–H and O–H groups in total. The minimum Gasteiger partial charge on any atom is -0.347 e. The van der Waals surface area contributed by atoms with Crippen molar-refractivity contribution in [1.82, 2.24) is 9.13 Å². The van der Waals surface area contributed by atoms with E-state index in [0.717, 1.165) is 6.54 Å². The molecule has 7 aromatic rings. The molecule has 0 aliphatic rings. The van der Waals surface area contributed by atoms with E-state index in [-0.39, 0.29) is 0 Å². The Morgan fingerprint density at radius 1 is 0.559 bits per heavy atom. The van der Waals surface area contributed by atoms with E-state index >= 15 is 0 Å². The number of hydrogen-bond donors (Lipinski definition) is 0. The van der Waals surface area contributed by atoms with Crippen LogP contribution in [-0.2, 0) is 6.54 Å². The van der Waals surface area contributed by atoms with Crippen molar-refractivity contribution in [2.75, 3.05) is 0 Å². The van der Waals surface area contributed by atoms with Crippen LogP contribution in [0.25, 0.3) is 60.2 Å². The molecule has 2 nitrogen and oxygen atoms in total. The summed E-state index contributed by atoms with van der Waals surface area (Å²) in [5, 5.41) is 7.70. The largest absolute Gasteiger partial charge is 0.347 e. The first kappa shape index (κ1) is 19.2. The van der Waals surface area contributed by atoms with Crippen molar-refractivity contribution < 1.29 is 0 Å². The Balaban J connectivity index is 1.55. The van der Waals surface area contributed by atoms with Gasteiger partial charge in [-0.15, -0.1) is 0 Å². The molecule has 2 heterocycles. The van der Waals surface area contributed by atoms with Crippen molar-refractivity contribution in [2.45, 2.75) is 13.5 Å². The van der Waals surface area contributed by atoms with Gasteiger partial charge < -0.3 is 9.13 Å². The molecule has 0 aliphatic heterocycles. The van der Waals surface area contributed by atoms with Crippen LogP contribution in [0.5, 0.6) is 0 Å². The van der Waals surface area contributed by atoms with Gasteiger partial charge in [0, 0.05) is 35.1 Å². The summed E-state index contributed by atoms with van der Waals surface area (Å²) in [5.74, 6) is 0. The highest BCUT2D eigenvalue weighted by atomic mass is 15.0. The lowest BCUT2D eigenvalue weighted by Crippen LogP contribution is -1.95. The number of aryl methyl sites for hydroxylation is 1. The van der Waals surface area contributed by atoms with Gasteiger partial charge in [-0.3, -0.25) is 0 Å². The molecule has 0 spiro atoms. The maximum Gasteiger partial charge on any atom is 0.0560 e. The Morgan fingerprint density at radius 3 is 2.06 bits per heavy atom. The van der Waals surface area contributed by atoms with Crippen LogP contribution in [0.3, 0.4) is 0 Å².